The molecule has 10 heteroatoms. The molecule has 4 aromatic rings. The molecule has 2 aromatic heterocycles. The van der Waals surface area contributed by atoms with Crippen molar-refractivity contribution < 1.29 is 17.9 Å². The Morgan fingerprint density at radius 3 is 2.89 bits per heavy atom. The molecule has 3 aliphatic heterocycles. The quantitative estimate of drug-likeness (QED) is 0.283. The molecule has 7 rings (SSSR count). The fraction of sp³-hybridized carbons (Fsp3) is 0.382. The van der Waals surface area contributed by atoms with Gasteiger partial charge in [-0.25, -0.2) is 13.2 Å². The van der Waals surface area contributed by atoms with Crippen LogP contribution in [0.3, 0.4) is 0 Å². The van der Waals surface area contributed by atoms with Crippen LogP contribution in [0.2, 0.25) is 0 Å². The summed E-state index contributed by atoms with van der Waals surface area (Å²) in [6.07, 6.45) is 11.3. The summed E-state index contributed by atoms with van der Waals surface area (Å²) < 4.78 is 51.2. The molecule has 226 valence electrons. The number of pyridine rings is 1. The number of nitrogens with one attached hydrogen (secondary N) is 1. The van der Waals surface area contributed by atoms with Crippen molar-refractivity contribution in [2.24, 2.45) is 0 Å². The number of benzene rings is 2. The molecular weight excluding hydrogens is 565 g/mol. The number of nitrogens with zero attached hydrogens (tertiary/aromatic N) is 5. The van der Waals surface area contributed by atoms with Crippen LogP contribution in [0.15, 0.2) is 48.4 Å². The van der Waals surface area contributed by atoms with E-state index in [-0.39, 0.29) is 47.0 Å². The fourth-order valence-electron chi connectivity index (χ4n) is 7.42. The second-order valence-electron chi connectivity index (χ2n) is 12.2. The van der Waals surface area contributed by atoms with E-state index < -0.39 is 11.6 Å². The highest BCUT2D eigenvalue weighted by molar-refractivity contribution is 6.02. The van der Waals surface area contributed by atoms with Crippen LogP contribution in [0.1, 0.15) is 38.2 Å². The molecule has 2 aromatic carbocycles. The Balaban J connectivity index is 1.36. The number of anilines is 1. The van der Waals surface area contributed by atoms with E-state index in [2.05, 4.69) is 33.0 Å². The molecule has 7 nitrogen and oxygen atoms in total. The van der Waals surface area contributed by atoms with Crippen molar-refractivity contribution in [1.29, 1.82) is 0 Å². The summed E-state index contributed by atoms with van der Waals surface area (Å²) in [5, 5.41) is 4.98. The summed E-state index contributed by atoms with van der Waals surface area (Å²) in [6.45, 7) is 4.67. The van der Waals surface area contributed by atoms with E-state index >= 15 is 4.39 Å². The van der Waals surface area contributed by atoms with E-state index in [1.165, 1.54) is 6.07 Å². The number of rotatable bonds is 6. The number of likely N-dealkylation sites (N-methyl/N-ethyl adjacent to an activating group) is 1. The van der Waals surface area contributed by atoms with Gasteiger partial charge in [-0.05, 0) is 62.7 Å². The topological polar surface area (TPSA) is 66.4 Å². The molecule has 44 heavy (non-hydrogen) atoms. The lowest BCUT2D eigenvalue weighted by atomic mass is 9.94. The average molecular weight is 599 g/mol. The molecule has 0 aliphatic carbocycles. The predicted octanol–water partition coefficient (Wildman–Crippen LogP) is 5.76. The Hall–Kier alpha value is -4.20. The SMILES string of the molecule is C#Cc1c(F)ccc2cccc(-c3ncc4c(N(C)[C@@H]5CCN[C@@H]5C)nc(OCC56CCCN5C/C(=C\F)C6)nc4c3F)c12. The van der Waals surface area contributed by atoms with E-state index in [0.29, 0.717) is 46.8 Å². The van der Waals surface area contributed by atoms with Gasteiger partial charge in [0, 0.05) is 42.8 Å². The van der Waals surface area contributed by atoms with Gasteiger partial charge in [0.2, 0.25) is 0 Å². The Morgan fingerprint density at radius 2 is 2.11 bits per heavy atom. The lowest BCUT2D eigenvalue weighted by Crippen LogP contribution is -2.43. The zero-order valence-corrected chi connectivity index (χ0v) is 24.7. The van der Waals surface area contributed by atoms with Crippen molar-refractivity contribution in [2.75, 3.05) is 38.2 Å². The molecule has 3 saturated heterocycles. The lowest BCUT2D eigenvalue weighted by molar-refractivity contribution is 0.108. The van der Waals surface area contributed by atoms with Crippen LogP contribution in [0.5, 0.6) is 6.01 Å². The summed E-state index contributed by atoms with van der Waals surface area (Å²) in [6, 6.07) is 8.51. The Bertz CT molecular complexity index is 1860. The zero-order chi connectivity index (χ0) is 30.6. The lowest BCUT2D eigenvalue weighted by Gasteiger charge is -2.31. The fourth-order valence-corrected chi connectivity index (χ4v) is 7.42. The number of aromatic nitrogens is 3. The first kappa shape index (κ1) is 28.6. The van der Waals surface area contributed by atoms with Gasteiger partial charge >= 0.3 is 6.01 Å². The third-order valence-corrected chi connectivity index (χ3v) is 9.67. The maximum atomic E-state index is 16.7. The molecular formula is C34H33F3N6O. The molecule has 3 atom stereocenters. The first-order chi connectivity index (χ1) is 21.3. The average Bonchev–Trinajstić information content (AvgIpc) is 3.73. The van der Waals surface area contributed by atoms with E-state index in [4.69, 9.17) is 16.1 Å². The maximum absolute atomic E-state index is 16.7. The number of terminal acetylenes is 1. The summed E-state index contributed by atoms with van der Waals surface area (Å²) in [5.74, 6) is 1.70. The highest BCUT2D eigenvalue weighted by Gasteiger charge is 2.47. The van der Waals surface area contributed by atoms with Gasteiger partial charge < -0.3 is 15.0 Å². The normalized spacial score (nSPS) is 24.3. The van der Waals surface area contributed by atoms with E-state index in [1.807, 2.05) is 11.9 Å². The van der Waals surface area contributed by atoms with Gasteiger partial charge in [-0.1, -0.05) is 30.2 Å². The summed E-state index contributed by atoms with van der Waals surface area (Å²) in [7, 11) is 1.94. The first-order valence-electron chi connectivity index (χ1n) is 15.0. The minimum absolute atomic E-state index is 0.00781. The second kappa shape index (κ2) is 11.1. The van der Waals surface area contributed by atoms with Gasteiger partial charge in [0.25, 0.3) is 0 Å². The minimum Gasteiger partial charge on any atom is -0.461 e. The van der Waals surface area contributed by atoms with Crippen LogP contribution >= 0.6 is 0 Å². The Kier molecular flexibility index (Phi) is 7.18. The van der Waals surface area contributed by atoms with Crippen molar-refractivity contribution in [1.82, 2.24) is 25.2 Å². The van der Waals surface area contributed by atoms with Crippen LogP contribution in [0, 0.1) is 24.0 Å². The van der Waals surface area contributed by atoms with Gasteiger partial charge in [0.1, 0.15) is 29.5 Å². The Labute approximate surface area is 254 Å². The third kappa shape index (κ3) is 4.57. The number of hydrogen-bond donors (Lipinski definition) is 1. The largest absolute Gasteiger partial charge is 0.461 e. The second-order valence-corrected chi connectivity index (χ2v) is 12.2. The molecule has 1 N–H and O–H groups in total. The highest BCUT2D eigenvalue weighted by atomic mass is 19.1. The Morgan fingerprint density at radius 1 is 1.25 bits per heavy atom. The summed E-state index contributed by atoms with van der Waals surface area (Å²) >= 11 is 0. The third-order valence-electron chi connectivity index (χ3n) is 9.67. The molecule has 1 unspecified atom stereocenters. The molecule has 0 radical (unpaired) electrons. The van der Waals surface area contributed by atoms with Crippen LogP contribution in [0.4, 0.5) is 19.0 Å². The molecule has 3 fully saturated rings. The van der Waals surface area contributed by atoms with Gasteiger partial charge in [0.05, 0.1) is 22.8 Å². The number of fused-ring (bicyclic) bond motifs is 3. The van der Waals surface area contributed by atoms with Crippen LogP contribution in [0.25, 0.3) is 32.9 Å². The van der Waals surface area contributed by atoms with Gasteiger partial charge in [0.15, 0.2) is 5.82 Å². The van der Waals surface area contributed by atoms with E-state index in [0.717, 1.165) is 37.9 Å². The van der Waals surface area contributed by atoms with Crippen molar-refractivity contribution in [3.8, 4) is 29.6 Å². The smallest absolute Gasteiger partial charge is 0.319 e. The van der Waals surface area contributed by atoms with Crippen LogP contribution in [-0.4, -0.2) is 70.8 Å². The van der Waals surface area contributed by atoms with Gasteiger partial charge in [-0.15, -0.1) is 6.42 Å². The maximum Gasteiger partial charge on any atom is 0.319 e. The number of halogens is 3. The van der Waals surface area contributed by atoms with Crippen molar-refractivity contribution in [3.05, 3.63) is 65.6 Å². The van der Waals surface area contributed by atoms with Gasteiger partial charge in [-0.2, -0.15) is 9.97 Å². The van der Waals surface area contributed by atoms with Crippen LogP contribution < -0.4 is 15.0 Å². The monoisotopic (exact) mass is 598 g/mol. The van der Waals surface area contributed by atoms with Crippen LogP contribution in [-0.2, 0) is 0 Å². The minimum atomic E-state index is -0.675. The molecule has 0 bridgehead atoms. The molecule has 0 amide bonds. The summed E-state index contributed by atoms with van der Waals surface area (Å²) in [4.78, 5) is 18.2. The van der Waals surface area contributed by atoms with Gasteiger partial charge in [-0.3, -0.25) is 9.88 Å². The zero-order valence-electron chi connectivity index (χ0n) is 24.7. The molecule has 5 heterocycles. The van der Waals surface area contributed by atoms with E-state index in [9.17, 15) is 8.78 Å². The number of ether oxygens (including phenoxy) is 1. The first-order valence-corrected chi connectivity index (χ1v) is 15.0. The standard InChI is InChI=1S/C34H33F3N6O/c1-4-23-26(36)10-9-22-7-5-8-24(28(22)23)30-29(37)31-25(17-39-30)32(42(3)27-11-13-38-20(27)2)41-33(40-31)44-19-34-12-6-14-43(34)18-21(15-34)16-35/h1,5,7-10,16-17,20,27,38H,6,11-15,18-19H2,2-3H3/b21-16-/t20-,27-,34?/m1/s1. The number of hydrogen-bond acceptors (Lipinski definition) is 7. The predicted molar refractivity (Wildman–Crippen MR) is 165 cm³/mol. The molecule has 0 spiro atoms. The van der Waals surface area contributed by atoms with Crippen molar-refractivity contribution in [2.45, 2.75) is 50.2 Å². The highest BCUT2D eigenvalue weighted by Crippen LogP contribution is 2.42. The molecule has 3 aliphatic rings. The van der Waals surface area contributed by atoms with Crippen molar-refractivity contribution >= 4 is 27.5 Å². The van der Waals surface area contributed by atoms with Crippen molar-refractivity contribution in [3.63, 3.8) is 0 Å². The molecule has 0 saturated carbocycles. The van der Waals surface area contributed by atoms with E-state index in [1.54, 1.807) is 30.5 Å². The summed E-state index contributed by atoms with van der Waals surface area (Å²) in [5.41, 5.74) is 0.882.